The van der Waals surface area contributed by atoms with Crippen LogP contribution in [0.15, 0.2) is 18.2 Å². The van der Waals surface area contributed by atoms with E-state index in [9.17, 15) is 19.5 Å². The van der Waals surface area contributed by atoms with Gasteiger partial charge in [0.15, 0.2) is 11.8 Å². The number of aromatic hydroxyl groups is 1. The number of anilines is 1. The van der Waals surface area contributed by atoms with E-state index in [-0.39, 0.29) is 17.6 Å². The first-order valence-corrected chi connectivity index (χ1v) is 7.38. The SMILES string of the molecule is CC(=O)O[C@@]12CCN(C(C)=O)[C@@H]1N(C(C)=O)c1ccc(O)cc12. The van der Waals surface area contributed by atoms with E-state index in [0.29, 0.717) is 24.2 Å². The molecule has 0 saturated carbocycles. The van der Waals surface area contributed by atoms with Gasteiger partial charge in [0, 0.05) is 39.3 Å². The van der Waals surface area contributed by atoms with E-state index in [1.54, 1.807) is 6.07 Å². The highest BCUT2D eigenvalue weighted by Gasteiger charge is 2.62. The van der Waals surface area contributed by atoms with Crippen molar-refractivity contribution in [1.29, 1.82) is 0 Å². The van der Waals surface area contributed by atoms with Gasteiger partial charge in [-0.1, -0.05) is 0 Å². The average Bonchev–Trinajstić information content (AvgIpc) is 2.90. The molecular weight excluding hydrogens is 300 g/mol. The second-order valence-electron chi connectivity index (χ2n) is 5.91. The fourth-order valence-electron chi connectivity index (χ4n) is 3.70. The van der Waals surface area contributed by atoms with Gasteiger partial charge in [0.1, 0.15) is 5.75 Å². The molecular formula is C16H18N2O5. The van der Waals surface area contributed by atoms with Crippen LogP contribution >= 0.6 is 0 Å². The summed E-state index contributed by atoms with van der Waals surface area (Å²) in [4.78, 5) is 38.9. The van der Waals surface area contributed by atoms with E-state index in [1.165, 1.54) is 42.7 Å². The van der Waals surface area contributed by atoms with Crippen molar-refractivity contribution in [1.82, 2.24) is 4.90 Å². The number of benzene rings is 1. The highest BCUT2D eigenvalue weighted by Crippen LogP contribution is 2.53. The minimum Gasteiger partial charge on any atom is -0.508 e. The van der Waals surface area contributed by atoms with Gasteiger partial charge >= 0.3 is 5.97 Å². The quantitative estimate of drug-likeness (QED) is 0.783. The van der Waals surface area contributed by atoms with Crippen LogP contribution in [0.2, 0.25) is 0 Å². The van der Waals surface area contributed by atoms with Crippen LogP contribution in [0.5, 0.6) is 5.75 Å². The summed E-state index contributed by atoms with van der Waals surface area (Å²) in [6.07, 6.45) is -0.352. The first-order valence-electron chi connectivity index (χ1n) is 7.38. The Kier molecular flexibility index (Phi) is 3.31. The van der Waals surface area contributed by atoms with Crippen molar-refractivity contribution < 1.29 is 24.2 Å². The molecule has 23 heavy (non-hydrogen) atoms. The van der Waals surface area contributed by atoms with E-state index in [4.69, 9.17) is 4.74 Å². The molecule has 1 saturated heterocycles. The predicted molar refractivity (Wildman–Crippen MR) is 80.5 cm³/mol. The van der Waals surface area contributed by atoms with Gasteiger partial charge in [-0.25, -0.2) is 0 Å². The Bertz CT molecular complexity index is 716. The van der Waals surface area contributed by atoms with Crippen LogP contribution < -0.4 is 4.90 Å². The van der Waals surface area contributed by atoms with Gasteiger partial charge in [-0.15, -0.1) is 0 Å². The number of phenolic OH excluding ortho intramolecular Hbond substituents is 1. The second-order valence-corrected chi connectivity index (χ2v) is 5.91. The summed E-state index contributed by atoms with van der Waals surface area (Å²) in [7, 11) is 0. The lowest BCUT2D eigenvalue weighted by atomic mass is 9.92. The highest BCUT2D eigenvalue weighted by atomic mass is 16.6. The molecule has 0 spiro atoms. The van der Waals surface area contributed by atoms with Gasteiger partial charge in [-0.3, -0.25) is 19.3 Å². The molecule has 3 rings (SSSR count). The molecule has 2 aliphatic rings. The number of phenols is 1. The Hall–Kier alpha value is -2.57. The van der Waals surface area contributed by atoms with Crippen molar-refractivity contribution in [2.75, 3.05) is 11.4 Å². The van der Waals surface area contributed by atoms with Crippen molar-refractivity contribution in [3.63, 3.8) is 0 Å². The Morgan fingerprint density at radius 3 is 2.48 bits per heavy atom. The summed E-state index contributed by atoms with van der Waals surface area (Å²) in [6, 6.07) is 4.57. The van der Waals surface area contributed by atoms with Crippen molar-refractivity contribution in [3.05, 3.63) is 23.8 Å². The highest BCUT2D eigenvalue weighted by molar-refractivity contribution is 5.97. The molecule has 1 N–H and O–H groups in total. The number of hydrogen-bond acceptors (Lipinski definition) is 5. The summed E-state index contributed by atoms with van der Waals surface area (Å²) < 4.78 is 5.63. The van der Waals surface area contributed by atoms with Crippen molar-refractivity contribution in [3.8, 4) is 5.75 Å². The Morgan fingerprint density at radius 1 is 1.22 bits per heavy atom. The molecule has 2 aliphatic heterocycles. The zero-order valence-corrected chi connectivity index (χ0v) is 13.2. The number of amides is 2. The lowest BCUT2D eigenvalue weighted by Gasteiger charge is -2.35. The number of esters is 1. The number of likely N-dealkylation sites (tertiary alicyclic amines) is 1. The summed E-state index contributed by atoms with van der Waals surface area (Å²) in [5, 5.41) is 9.84. The fourth-order valence-corrected chi connectivity index (χ4v) is 3.70. The molecule has 1 fully saturated rings. The van der Waals surface area contributed by atoms with Gasteiger partial charge in [0.2, 0.25) is 11.8 Å². The van der Waals surface area contributed by atoms with Gasteiger partial charge in [0.05, 0.1) is 5.69 Å². The van der Waals surface area contributed by atoms with Gasteiger partial charge in [0.25, 0.3) is 0 Å². The summed E-state index contributed by atoms with van der Waals surface area (Å²) in [5.41, 5.74) is -0.0406. The third kappa shape index (κ3) is 2.07. The molecule has 2 amide bonds. The van der Waals surface area contributed by atoms with Crippen LogP contribution in [-0.4, -0.2) is 40.5 Å². The largest absolute Gasteiger partial charge is 0.508 e. The maximum atomic E-state index is 12.2. The molecule has 7 nitrogen and oxygen atoms in total. The minimum atomic E-state index is -1.14. The summed E-state index contributed by atoms with van der Waals surface area (Å²) in [5.74, 6) is -0.947. The smallest absolute Gasteiger partial charge is 0.303 e. The summed E-state index contributed by atoms with van der Waals surface area (Å²) >= 11 is 0. The molecule has 7 heteroatoms. The number of rotatable bonds is 1. The van der Waals surface area contributed by atoms with E-state index < -0.39 is 17.7 Å². The molecule has 0 bridgehead atoms. The third-order valence-electron chi connectivity index (χ3n) is 4.45. The van der Waals surface area contributed by atoms with E-state index >= 15 is 0 Å². The molecule has 2 atom stereocenters. The molecule has 0 aliphatic carbocycles. The maximum Gasteiger partial charge on any atom is 0.303 e. The van der Waals surface area contributed by atoms with Crippen LogP contribution in [0.1, 0.15) is 32.8 Å². The molecule has 1 aromatic carbocycles. The number of fused-ring (bicyclic) bond motifs is 3. The zero-order valence-electron chi connectivity index (χ0n) is 13.2. The van der Waals surface area contributed by atoms with Crippen LogP contribution in [0.25, 0.3) is 0 Å². The first kappa shape index (κ1) is 15.3. The van der Waals surface area contributed by atoms with E-state index in [1.807, 2.05) is 0 Å². The molecule has 0 radical (unpaired) electrons. The van der Waals surface area contributed by atoms with Crippen LogP contribution in [0.3, 0.4) is 0 Å². The van der Waals surface area contributed by atoms with E-state index in [0.717, 1.165) is 0 Å². The number of nitrogens with zero attached hydrogens (tertiary/aromatic N) is 2. The van der Waals surface area contributed by atoms with Crippen molar-refractivity contribution in [2.45, 2.75) is 39.0 Å². The standard InChI is InChI=1S/C16H18N2O5/c1-9(19)17-7-6-16(23-11(3)21)13-8-12(22)4-5-14(13)18(10(2)20)15(16)17/h4-5,8,15,22H,6-7H2,1-3H3/t15-,16-/m1/s1. The molecule has 122 valence electrons. The lowest BCUT2D eigenvalue weighted by Crippen LogP contribution is -2.54. The van der Waals surface area contributed by atoms with Crippen molar-refractivity contribution >= 4 is 23.5 Å². The second kappa shape index (κ2) is 4.97. The average molecular weight is 318 g/mol. The molecule has 1 aromatic rings. The van der Waals surface area contributed by atoms with Gasteiger partial charge in [-0.2, -0.15) is 0 Å². The van der Waals surface area contributed by atoms with Crippen LogP contribution in [0, 0.1) is 0 Å². The number of ether oxygens (including phenoxy) is 1. The minimum absolute atomic E-state index is 0.0145. The number of carbonyl (C=O) groups is 3. The van der Waals surface area contributed by atoms with Crippen LogP contribution in [0.4, 0.5) is 5.69 Å². The van der Waals surface area contributed by atoms with Gasteiger partial charge in [-0.05, 0) is 18.2 Å². The molecule has 0 aromatic heterocycles. The molecule has 2 heterocycles. The lowest BCUT2D eigenvalue weighted by molar-refractivity contribution is -0.162. The van der Waals surface area contributed by atoms with Crippen molar-refractivity contribution in [2.24, 2.45) is 0 Å². The monoisotopic (exact) mass is 318 g/mol. The summed E-state index contributed by atoms with van der Waals surface area (Å²) in [6.45, 7) is 4.48. The van der Waals surface area contributed by atoms with Gasteiger partial charge < -0.3 is 14.7 Å². The molecule has 0 unspecified atom stereocenters. The Labute approximate surface area is 133 Å². The van der Waals surface area contributed by atoms with E-state index in [2.05, 4.69) is 0 Å². The maximum absolute atomic E-state index is 12.2. The Balaban J connectivity index is 2.25. The fraction of sp³-hybridized carbons (Fsp3) is 0.438. The first-order chi connectivity index (χ1) is 10.8. The van der Waals surface area contributed by atoms with Crippen LogP contribution in [-0.2, 0) is 24.7 Å². The topological polar surface area (TPSA) is 87.2 Å². The third-order valence-corrected chi connectivity index (χ3v) is 4.45. The zero-order chi connectivity index (χ0) is 16.9. The normalized spacial score (nSPS) is 25.1. The Morgan fingerprint density at radius 2 is 1.91 bits per heavy atom. The predicted octanol–water partition coefficient (Wildman–Crippen LogP) is 1.10. The number of carbonyl (C=O) groups excluding carboxylic acids is 3. The number of hydrogen-bond donors (Lipinski definition) is 1.